The predicted molar refractivity (Wildman–Crippen MR) is 149 cm³/mol. The van der Waals surface area contributed by atoms with Crippen molar-refractivity contribution in [2.75, 3.05) is 0 Å². The molecule has 6 rings (SSSR count). The molecule has 1 aromatic rings. The molecule has 0 aromatic heterocycles. The third-order valence-corrected chi connectivity index (χ3v) is 10.6. The number of hydrogen-bond donors (Lipinski definition) is 1. The molecule has 2 saturated carbocycles. The van der Waals surface area contributed by atoms with Crippen LogP contribution in [0.25, 0.3) is 0 Å². The number of carbonyl (C=O) groups is 1. The fourth-order valence-electron chi connectivity index (χ4n) is 8.62. The molecule has 4 aliphatic carbocycles. The number of allylic oxidation sites excluding steroid dienone is 4. The molecule has 38 heavy (non-hydrogen) atoms. The van der Waals surface area contributed by atoms with E-state index in [4.69, 9.17) is 9.47 Å². The minimum atomic E-state index is -1.10. The molecule has 5 aliphatic rings. The average molecular weight is 515 g/mol. The van der Waals surface area contributed by atoms with Crippen LogP contribution in [0.1, 0.15) is 110 Å². The maximum absolute atomic E-state index is 12.4. The van der Waals surface area contributed by atoms with Gasteiger partial charge in [0.2, 0.25) is 0 Å². The zero-order valence-corrected chi connectivity index (χ0v) is 23.5. The average Bonchev–Trinajstić information content (AvgIpc) is 3.24. The maximum Gasteiger partial charge on any atom is 0.251 e. The van der Waals surface area contributed by atoms with Crippen LogP contribution in [-0.2, 0) is 4.79 Å². The Hall–Kier alpha value is -2.51. The van der Waals surface area contributed by atoms with Gasteiger partial charge in [-0.15, -0.1) is 5.92 Å². The molecule has 4 heteroatoms. The third-order valence-electron chi connectivity index (χ3n) is 10.6. The van der Waals surface area contributed by atoms with Gasteiger partial charge in [0.15, 0.2) is 17.3 Å². The second kappa shape index (κ2) is 9.30. The second-order valence-electron chi connectivity index (χ2n) is 12.7. The van der Waals surface area contributed by atoms with E-state index >= 15 is 0 Å². The van der Waals surface area contributed by atoms with Crippen molar-refractivity contribution < 1.29 is 19.4 Å². The number of ketones is 1. The summed E-state index contributed by atoms with van der Waals surface area (Å²) in [4.78, 5) is 12.4. The van der Waals surface area contributed by atoms with Gasteiger partial charge < -0.3 is 14.6 Å². The largest absolute Gasteiger partial charge is 0.448 e. The van der Waals surface area contributed by atoms with E-state index in [1.54, 1.807) is 0 Å². The molecule has 4 nitrogen and oxygen atoms in total. The van der Waals surface area contributed by atoms with Gasteiger partial charge in [-0.25, -0.2) is 0 Å². The summed E-state index contributed by atoms with van der Waals surface area (Å²) in [5.74, 6) is 8.51. The van der Waals surface area contributed by atoms with E-state index in [9.17, 15) is 9.90 Å². The Morgan fingerprint density at radius 2 is 1.87 bits per heavy atom. The molecule has 1 N–H and O–H groups in total. The lowest BCUT2D eigenvalue weighted by Gasteiger charge is -2.57. The van der Waals surface area contributed by atoms with E-state index in [1.807, 2.05) is 19.9 Å². The lowest BCUT2D eigenvalue weighted by Crippen LogP contribution is -2.54. The molecule has 2 fully saturated rings. The Bertz CT molecular complexity index is 1260. The molecule has 1 aliphatic heterocycles. The van der Waals surface area contributed by atoms with Crippen molar-refractivity contribution in [2.45, 2.75) is 116 Å². The lowest BCUT2D eigenvalue weighted by atomic mass is 9.48. The van der Waals surface area contributed by atoms with Crippen LogP contribution in [0.3, 0.4) is 0 Å². The first kappa shape index (κ1) is 25.8. The van der Waals surface area contributed by atoms with Crippen LogP contribution in [0.2, 0.25) is 0 Å². The van der Waals surface area contributed by atoms with Crippen molar-refractivity contribution >= 4 is 5.78 Å². The summed E-state index contributed by atoms with van der Waals surface area (Å²) >= 11 is 0. The number of benzene rings is 1. The van der Waals surface area contributed by atoms with Crippen LogP contribution in [0.5, 0.6) is 11.5 Å². The Balaban J connectivity index is 1.48. The van der Waals surface area contributed by atoms with E-state index < -0.39 is 11.4 Å². The molecular weight excluding hydrogens is 472 g/mol. The van der Waals surface area contributed by atoms with Crippen molar-refractivity contribution in [3.05, 3.63) is 46.6 Å². The number of rotatable bonds is 3. The predicted octanol–water partition coefficient (Wildman–Crippen LogP) is 7.41. The van der Waals surface area contributed by atoms with Gasteiger partial charge in [0.25, 0.3) is 5.79 Å². The Morgan fingerprint density at radius 3 is 2.61 bits per heavy atom. The number of ether oxygens (including phenoxy) is 2. The van der Waals surface area contributed by atoms with Crippen molar-refractivity contribution in [1.82, 2.24) is 0 Å². The number of fused-ring (bicyclic) bond motifs is 3. The fraction of sp³-hybridized carbons (Fsp3) is 0.618. The molecular formula is C34H42O4. The Labute approximate surface area is 227 Å². The van der Waals surface area contributed by atoms with Crippen molar-refractivity contribution in [1.29, 1.82) is 0 Å². The molecule has 0 unspecified atom stereocenters. The first-order valence-electron chi connectivity index (χ1n) is 14.9. The van der Waals surface area contributed by atoms with E-state index in [-0.39, 0.29) is 17.1 Å². The Morgan fingerprint density at radius 1 is 1.11 bits per heavy atom. The standard InChI is InChI=1S/C34H42O4/c1-5-16-33(4,36)32(3)21-27(23-11-15-29-30(20-23)38-34(37-29)17-8-7-9-18-34)31-25-14-12-24(35)19-22(25)10-13-26(31)28(32)6-2/h11,15,19-20,26-28,36H,6-10,12-14,17-18,21H2,1-4H3/t26-,27+,28-,32-,33+/m0/s1. The molecule has 1 aromatic carbocycles. The van der Waals surface area contributed by atoms with Crippen molar-refractivity contribution in [3.8, 4) is 23.3 Å². The van der Waals surface area contributed by atoms with Crippen molar-refractivity contribution in [3.63, 3.8) is 0 Å². The van der Waals surface area contributed by atoms with Gasteiger partial charge in [-0.05, 0) is 99.1 Å². The normalized spacial score (nSPS) is 33.0. The van der Waals surface area contributed by atoms with Crippen LogP contribution >= 0.6 is 0 Å². The summed E-state index contributed by atoms with van der Waals surface area (Å²) in [6.45, 7) is 8.27. The Kier molecular flexibility index (Phi) is 6.30. The summed E-state index contributed by atoms with van der Waals surface area (Å²) in [5, 5.41) is 11.9. The molecule has 202 valence electrons. The second-order valence-corrected chi connectivity index (χ2v) is 12.7. The maximum atomic E-state index is 12.4. The lowest BCUT2D eigenvalue weighted by molar-refractivity contribution is -0.114. The summed E-state index contributed by atoms with van der Waals surface area (Å²) < 4.78 is 13.0. The molecule has 1 heterocycles. The molecule has 5 atom stereocenters. The highest BCUT2D eigenvalue weighted by atomic mass is 16.7. The minimum absolute atomic E-state index is 0.140. The zero-order chi connectivity index (χ0) is 26.7. The molecule has 0 saturated heterocycles. The highest BCUT2D eigenvalue weighted by Gasteiger charge is 2.57. The number of aliphatic hydroxyl groups is 1. The summed E-state index contributed by atoms with van der Waals surface area (Å²) in [5.41, 5.74) is 3.92. The fourth-order valence-corrected chi connectivity index (χ4v) is 8.62. The van der Waals surface area contributed by atoms with Crippen molar-refractivity contribution in [2.24, 2.45) is 17.3 Å². The molecule has 0 radical (unpaired) electrons. The van der Waals surface area contributed by atoms with E-state index in [0.29, 0.717) is 18.3 Å². The third kappa shape index (κ3) is 3.96. The smallest absolute Gasteiger partial charge is 0.251 e. The summed E-state index contributed by atoms with van der Waals surface area (Å²) in [6, 6.07) is 6.54. The quantitative estimate of drug-likeness (QED) is 0.427. The van der Waals surface area contributed by atoms with Gasteiger partial charge in [0.1, 0.15) is 5.60 Å². The topological polar surface area (TPSA) is 55.8 Å². The van der Waals surface area contributed by atoms with Gasteiger partial charge in [0.05, 0.1) is 0 Å². The minimum Gasteiger partial charge on any atom is -0.448 e. The summed E-state index contributed by atoms with van der Waals surface area (Å²) in [7, 11) is 0. The van der Waals surface area contributed by atoms with Gasteiger partial charge >= 0.3 is 0 Å². The molecule has 1 spiro atoms. The number of hydrogen-bond acceptors (Lipinski definition) is 4. The zero-order valence-electron chi connectivity index (χ0n) is 23.5. The first-order chi connectivity index (χ1) is 18.2. The highest BCUT2D eigenvalue weighted by molar-refractivity contribution is 5.93. The van der Waals surface area contributed by atoms with E-state index in [2.05, 4.69) is 43.9 Å². The molecule has 0 bridgehead atoms. The SMILES string of the molecule is CC#C[C@@](C)(O)[C@@]1(C)C[C@H](c2ccc3c(c2)OC2(CCCCC2)O3)C2=C3CCC(=O)C=C3CC[C@H]2[C@@H]1CC. The van der Waals surface area contributed by atoms with Gasteiger partial charge in [-0.2, -0.15) is 0 Å². The van der Waals surface area contributed by atoms with E-state index in [0.717, 1.165) is 69.3 Å². The highest BCUT2D eigenvalue weighted by Crippen LogP contribution is 2.63. The number of carbonyl (C=O) groups excluding carboxylic acids is 1. The van der Waals surface area contributed by atoms with Gasteiger partial charge in [-0.1, -0.05) is 44.2 Å². The van der Waals surface area contributed by atoms with Crippen LogP contribution < -0.4 is 9.47 Å². The van der Waals surface area contributed by atoms with Crippen LogP contribution in [0.15, 0.2) is 41.0 Å². The summed E-state index contributed by atoms with van der Waals surface area (Å²) in [6.07, 6.45) is 12.5. The monoisotopic (exact) mass is 514 g/mol. The van der Waals surface area contributed by atoms with Gasteiger partial charge in [-0.3, -0.25) is 4.79 Å². The van der Waals surface area contributed by atoms with Gasteiger partial charge in [0, 0.05) is 30.6 Å². The first-order valence-corrected chi connectivity index (χ1v) is 14.9. The molecule has 0 amide bonds. The van der Waals surface area contributed by atoms with E-state index in [1.165, 1.54) is 28.7 Å². The van der Waals surface area contributed by atoms with Crippen LogP contribution in [-0.4, -0.2) is 22.3 Å². The van der Waals surface area contributed by atoms with Crippen LogP contribution in [0, 0.1) is 29.1 Å². The van der Waals surface area contributed by atoms with Crippen LogP contribution in [0.4, 0.5) is 0 Å².